The fraction of sp³-hybridized carbons (Fsp3) is 0.312. The molecule has 0 fully saturated rings. The molecule has 0 aliphatic heterocycles. The maximum atomic E-state index is 9.00. The summed E-state index contributed by atoms with van der Waals surface area (Å²) in [6.45, 7) is 4.27. The van der Waals surface area contributed by atoms with Gasteiger partial charge in [0.05, 0.1) is 12.5 Å². The molecule has 0 amide bonds. The second-order valence-electron chi connectivity index (χ2n) is 4.66. The van der Waals surface area contributed by atoms with E-state index in [-0.39, 0.29) is 12.1 Å². The van der Waals surface area contributed by atoms with Crippen LogP contribution in [-0.2, 0) is 0 Å². The van der Waals surface area contributed by atoms with Gasteiger partial charge in [-0.1, -0.05) is 30.3 Å². The quantitative estimate of drug-likeness (QED) is 0.876. The van der Waals surface area contributed by atoms with Crippen LogP contribution in [0.4, 0.5) is 0 Å². The standard InChI is InChI=1S/C16H18N2S/c1-12-8-9-16(19-12)13(2)18-15(10-11-17)14-6-4-3-5-7-14/h3-9,13,15,18H,10H2,1-2H3. The van der Waals surface area contributed by atoms with Crippen LogP contribution >= 0.6 is 11.3 Å². The molecule has 19 heavy (non-hydrogen) atoms. The zero-order chi connectivity index (χ0) is 13.7. The second kappa shape index (κ2) is 6.51. The lowest BCUT2D eigenvalue weighted by Gasteiger charge is -2.21. The number of hydrogen-bond donors (Lipinski definition) is 1. The van der Waals surface area contributed by atoms with Crippen LogP contribution < -0.4 is 5.32 Å². The molecule has 2 aromatic rings. The Bertz CT molecular complexity index is 554. The van der Waals surface area contributed by atoms with Gasteiger partial charge < -0.3 is 5.32 Å². The predicted octanol–water partition coefficient (Wildman–Crippen LogP) is 4.36. The van der Waals surface area contributed by atoms with E-state index in [1.807, 2.05) is 18.2 Å². The number of hydrogen-bond acceptors (Lipinski definition) is 3. The second-order valence-corrected chi connectivity index (χ2v) is 5.98. The predicted molar refractivity (Wildman–Crippen MR) is 80.0 cm³/mol. The van der Waals surface area contributed by atoms with Crippen LogP contribution in [0.5, 0.6) is 0 Å². The van der Waals surface area contributed by atoms with Gasteiger partial charge in [0.25, 0.3) is 0 Å². The lowest BCUT2D eigenvalue weighted by molar-refractivity contribution is 0.477. The molecule has 0 bridgehead atoms. The third-order valence-electron chi connectivity index (χ3n) is 3.14. The molecule has 0 saturated heterocycles. The van der Waals surface area contributed by atoms with Crippen LogP contribution in [-0.4, -0.2) is 0 Å². The Morgan fingerprint density at radius 3 is 2.53 bits per heavy atom. The van der Waals surface area contributed by atoms with E-state index in [0.29, 0.717) is 6.42 Å². The molecule has 2 atom stereocenters. The van der Waals surface area contributed by atoms with Crippen LogP contribution in [0.1, 0.15) is 40.7 Å². The van der Waals surface area contributed by atoms with Crippen LogP contribution in [0, 0.1) is 18.3 Å². The van der Waals surface area contributed by atoms with E-state index in [1.54, 1.807) is 11.3 Å². The van der Waals surface area contributed by atoms with E-state index in [0.717, 1.165) is 0 Å². The highest BCUT2D eigenvalue weighted by atomic mass is 32.1. The monoisotopic (exact) mass is 270 g/mol. The average molecular weight is 270 g/mol. The van der Waals surface area contributed by atoms with Gasteiger partial charge >= 0.3 is 0 Å². The minimum Gasteiger partial charge on any atom is -0.302 e. The van der Waals surface area contributed by atoms with E-state index >= 15 is 0 Å². The van der Waals surface area contributed by atoms with Crippen molar-refractivity contribution in [3.63, 3.8) is 0 Å². The fourth-order valence-electron chi connectivity index (χ4n) is 2.12. The van der Waals surface area contributed by atoms with Crippen LogP contribution in [0.15, 0.2) is 42.5 Å². The molecule has 3 heteroatoms. The molecule has 0 radical (unpaired) electrons. The molecule has 2 rings (SSSR count). The average Bonchev–Trinajstić information content (AvgIpc) is 2.86. The summed E-state index contributed by atoms with van der Waals surface area (Å²) in [6, 6.07) is 17.1. The third-order valence-corrected chi connectivity index (χ3v) is 4.32. The van der Waals surface area contributed by atoms with Crippen molar-refractivity contribution in [3.8, 4) is 6.07 Å². The Morgan fingerprint density at radius 1 is 1.21 bits per heavy atom. The molecule has 1 aromatic carbocycles. The number of thiophene rings is 1. The van der Waals surface area contributed by atoms with Gasteiger partial charge in [-0.25, -0.2) is 0 Å². The molecular formula is C16H18N2S. The Balaban J connectivity index is 2.11. The van der Waals surface area contributed by atoms with Crippen LogP contribution in [0.25, 0.3) is 0 Å². The molecule has 0 aliphatic rings. The van der Waals surface area contributed by atoms with E-state index in [2.05, 4.69) is 49.5 Å². The number of nitrogens with zero attached hydrogens (tertiary/aromatic N) is 1. The fourth-order valence-corrected chi connectivity index (χ4v) is 3.01. The smallest absolute Gasteiger partial charge is 0.0641 e. The summed E-state index contributed by atoms with van der Waals surface area (Å²) in [7, 11) is 0. The summed E-state index contributed by atoms with van der Waals surface area (Å²) in [5.74, 6) is 0. The normalized spacial score (nSPS) is 13.7. The largest absolute Gasteiger partial charge is 0.302 e. The zero-order valence-corrected chi connectivity index (χ0v) is 12.1. The lowest BCUT2D eigenvalue weighted by Crippen LogP contribution is -2.23. The van der Waals surface area contributed by atoms with E-state index in [1.165, 1.54) is 15.3 Å². The molecule has 1 aromatic heterocycles. The van der Waals surface area contributed by atoms with Gasteiger partial charge in [-0.2, -0.15) is 5.26 Å². The highest BCUT2D eigenvalue weighted by Crippen LogP contribution is 2.26. The SMILES string of the molecule is Cc1ccc(C(C)NC(CC#N)c2ccccc2)s1. The number of nitriles is 1. The summed E-state index contributed by atoms with van der Waals surface area (Å²) in [4.78, 5) is 2.64. The molecule has 2 unspecified atom stereocenters. The number of aryl methyl sites for hydroxylation is 1. The lowest BCUT2D eigenvalue weighted by atomic mass is 10.0. The molecule has 0 spiro atoms. The number of benzene rings is 1. The zero-order valence-electron chi connectivity index (χ0n) is 11.3. The van der Waals surface area contributed by atoms with Crippen molar-refractivity contribution in [3.05, 3.63) is 57.8 Å². The van der Waals surface area contributed by atoms with E-state index < -0.39 is 0 Å². The molecule has 0 saturated carbocycles. The Kier molecular flexibility index (Phi) is 4.73. The molecule has 2 nitrogen and oxygen atoms in total. The van der Waals surface area contributed by atoms with Gasteiger partial charge in [0.15, 0.2) is 0 Å². The van der Waals surface area contributed by atoms with Crippen molar-refractivity contribution in [2.24, 2.45) is 0 Å². The first-order valence-electron chi connectivity index (χ1n) is 6.45. The third kappa shape index (κ3) is 3.66. The Morgan fingerprint density at radius 2 is 1.95 bits per heavy atom. The van der Waals surface area contributed by atoms with Crippen molar-refractivity contribution >= 4 is 11.3 Å². The minimum absolute atomic E-state index is 0.0867. The Labute approximate surface area is 118 Å². The first kappa shape index (κ1) is 13.8. The minimum atomic E-state index is 0.0867. The van der Waals surface area contributed by atoms with Crippen molar-refractivity contribution in [2.75, 3.05) is 0 Å². The van der Waals surface area contributed by atoms with Crippen molar-refractivity contribution < 1.29 is 0 Å². The van der Waals surface area contributed by atoms with Gasteiger partial charge in [0, 0.05) is 21.8 Å². The topological polar surface area (TPSA) is 35.8 Å². The van der Waals surface area contributed by atoms with Gasteiger partial charge in [-0.05, 0) is 31.5 Å². The molecular weight excluding hydrogens is 252 g/mol. The summed E-state index contributed by atoms with van der Waals surface area (Å²) in [6.07, 6.45) is 0.485. The summed E-state index contributed by atoms with van der Waals surface area (Å²) in [5.41, 5.74) is 1.17. The maximum Gasteiger partial charge on any atom is 0.0641 e. The molecule has 1 N–H and O–H groups in total. The van der Waals surface area contributed by atoms with Gasteiger partial charge in [0.1, 0.15) is 0 Å². The number of rotatable bonds is 5. The van der Waals surface area contributed by atoms with Crippen LogP contribution in [0.3, 0.4) is 0 Å². The van der Waals surface area contributed by atoms with Crippen molar-refractivity contribution in [1.82, 2.24) is 5.32 Å². The highest BCUT2D eigenvalue weighted by molar-refractivity contribution is 7.12. The molecule has 0 aliphatic carbocycles. The summed E-state index contributed by atoms with van der Waals surface area (Å²) >= 11 is 1.81. The first-order chi connectivity index (χ1) is 9.20. The first-order valence-corrected chi connectivity index (χ1v) is 7.26. The van der Waals surface area contributed by atoms with Crippen LogP contribution in [0.2, 0.25) is 0 Å². The van der Waals surface area contributed by atoms with Crippen molar-refractivity contribution in [1.29, 1.82) is 5.26 Å². The maximum absolute atomic E-state index is 9.00. The van der Waals surface area contributed by atoms with Gasteiger partial charge in [0.2, 0.25) is 0 Å². The van der Waals surface area contributed by atoms with Crippen molar-refractivity contribution in [2.45, 2.75) is 32.4 Å². The van der Waals surface area contributed by atoms with E-state index in [4.69, 9.17) is 5.26 Å². The summed E-state index contributed by atoms with van der Waals surface area (Å²) < 4.78 is 0. The highest BCUT2D eigenvalue weighted by Gasteiger charge is 2.15. The van der Waals surface area contributed by atoms with Gasteiger partial charge in [-0.3, -0.25) is 0 Å². The summed E-state index contributed by atoms with van der Waals surface area (Å²) in [5, 5.41) is 12.5. The van der Waals surface area contributed by atoms with Gasteiger partial charge in [-0.15, -0.1) is 11.3 Å². The molecule has 1 heterocycles. The van der Waals surface area contributed by atoms with E-state index in [9.17, 15) is 0 Å². The Hall–Kier alpha value is -1.63. The number of nitrogens with one attached hydrogen (secondary N) is 1. The molecule has 98 valence electrons.